The molecular weight excluding hydrogens is 648 g/mol. The number of ether oxygens (including phenoxy) is 7. The molecule has 1 aromatic rings. The fourth-order valence-electron chi connectivity index (χ4n) is 4.58. The Bertz CT molecular complexity index is 1300. The van der Waals surface area contributed by atoms with Crippen molar-refractivity contribution in [2.24, 2.45) is 0 Å². The van der Waals surface area contributed by atoms with E-state index >= 15 is 0 Å². The topological polar surface area (TPSA) is 206 Å². The van der Waals surface area contributed by atoms with Gasteiger partial charge in [0, 0.05) is 19.5 Å². The number of alkyl carbamates (subject to hydrolysis) is 1. The van der Waals surface area contributed by atoms with Crippen molar-refractivity contribution in [3.05, 3.63) is 29.3 Å². The second-order valence-electron chi connectivity index (χ2n) is 11.8. The standard InChI is InChI=1S/C32H46N4O13/c1-32(2,3)49-31(42)34-10-12-44-14-16-46-18-20-47-19-17-45-15-13-43-11-9-33-26(38)21-48-24-6-4-5-22-27(24)30(41)36(29(22)40)23-7-8-25(37)35-28(23)39/h4-6,23H,7-21H2,1-3H3,(H,33,38)(H,34,42)(H,35,37,39). The van der Waals surface area contributed by atoms with Crippen molar-refractivity contribution in [2.45, 2.75) is 45.3 Å². The Labute approximate surface area is 284 Å². The van der Waals surface area contributed by atoms with E-state index in [0.29, 0.717) is 66.0 Å². The van der Waals surface area contributed by atoms with E-state index in [-0.39, 0.29) is 42.9 Å². The van der Waals surface area contributed by atoms with Gasteiger partial charge in [-0.25, -0.2) is 4.79 Å². The quantitative estimate of drug-likeness (QED) is 0.110. The van der Waals surface area contributed by atoms with E-state index in [9.17, 15) is 28.8 Å². The molecular formula is C32H46N4O13. The number of hydrogen-bond acceptors (Lipinski definition) is 13. The van der Waals surface area contributed by atoms with Crippen molar-refractivity contribution in [3.63, 3.8) is 0 Å². The summed E-state index contributed by atoms with van der Waals surface area (Å²) >= 11 is 0. The van der Waals surface area contributed by atoms with E-state index in [2.05, 4.69) is 16.0 Å². The number of carbonyl (C=O) groups excluding carboxylic acids is 6. The van der Waals surface area contributed by atoms with Gasteiger partial charge in [0.25, 0.3) is 17.7 Å². The lowest BCUT2D eigenvalue weighted by molar-refractivity contribution is -0.136. The fourth-order valence-corrected chi connectivity index (χ4v) is 4.58. The highest BCUT2D eigenvalue weighted by molar-refractivity contribution is 6.24. The summed E-state index contributed by atoms with van der Waals surface area (Å²) in [6.07, 6.45) is -0.436. The van der Waals surface area contributed by atoms with Gasteiger partial charge >= 0.3 is 6.09 Å². The summed E-state index contributed by atoms with van der Waals surface area (Å²) in [5, 5.41) is 7.39. The number of carbonyl (C=O) groups is 6. The molecule has 272 valence electrons. The molecule has 0 radical (unpaired) electrons. The molecule has 1 unspecified atom stereocenters. The van der Waals surface area contributed by atoms with Gasteiger partial charge in [-0.2, -0.15) is 0 Å². The molecule has 3 N–H and O–H groups in total. The van der Waals surface area contributed by atoms with Gasteiger partial charge in [0.2, 0.25) is 11.8 Å². The van der Waals surface area contributed by atoms with Gasteiger partial charge in [0.1, 0.15) is 17.4 Å². The number of hydrogen-bond donors (Lipinski definition) is 3. The fraction of sp³-hybridized carbons (Fsp3) is 0.625. The molecule has 1 atom stereocenters. The highest BCUT2D eigenvalue weighted by Gasteiger charge is 2.46. The number of nitrogens with one attached hydrogen (secondary N) is 3. The zero-order valence-corrected chi connectivity index (χ0v) is 28.2. The SMILES string of the molecule is CC(C)(C)OC(=O)NCCOCCOCCOCCOCCOCCNC(=O)COc1cccc2c1C(=O)N(C1CCC(=O)NC1=O)C2=O. The molecule has 3 rings (SSSR count). The molecule has 17 nitrogen and oxygen atoms in total. The predicted octanol–water partition coefficient (Wildman–Crippen LogP) is 0.191. The van der Waals surface area contributed by atoms with Crippen LogP contribution in [0.15, 0.2) is 18.2 Å². The molecule has 0 bridgehead atoms. The first-order valence-electron chi connectivity index (χ1n) is 16.1. The van der Waals surface area contributed by atoms with Gasteiger partial charge in [-0.1, -0.05) is 6.07 Å². The van der Waals surface area contributed by atoms with Gasteiger partial charge in [-0.3, -0.25) is 34.2 Å². The Hall–Kier alpha value is -4.16. The predicted molar refractivity (Wildman–Crippen MR) is 170 cm³/mol. The minimum Gasteiger partial charge on any atom is -0.483 e. The zero-order chi connectivity index (χ0) is 35.6. The first-order valence-corrected chi connectivity index (χ1v) is 16.1. The lowest BCUT2D eigenvalue weighted by atomic mass is 10.0. The summed E-state index contributed by atoms with van der Waals surface area (Å²) in [5.41, 5.74) is -0.509. The van der Waals surface area contributed by atoms with Crippen LogP contribution in [-0.4, -0.2) is 138 Å². The highest BCUT2D eigenvalue weighted by atomic mass is 16.6. The van der Waals surface area contributed by atoms with Crippen LogP contribution >= 0.6 is 0 Å². The smallest absolute Gasteiger partial charge is 0.407 e. The van der Waals surface area contributed by atoms with Gasteiger partial charge in [0.15, 0.2) is 6.61 Å². The van der Waals surface area contributed by atoms with Crippen LogP contribution < -0.4 is 20.7 Å². The minimum absolute atomic E-state index is 0.00977. The van der Waals surface area contributed by atoms with E-state index in [1.165, 1.54) is 18.2 Å². The Kier molecular flexibility index (Phi) is 16.3. The summed E-state index contributed by atoms with van der Waals surface area (Å²) in [6.45, 7) is 9.19. The number of nitrogens with zero attached hydrogens (tertiary/aromatic N) is 1. The van der Waals surface area contributed by atoms with Crippen molar-refractivity contribution < 1.29 is 61.9 Å². The Morgan fingerprint density at radius 3 is 1.90 bits per heavy atom. The number of amides is 6. The lowest BCUT2D eigenvalue weighted by Crippen LogP contribution is -2.54. The molecule has 0 aromatic heterocycles. The minimum atomic E-state index is -1.10. The lowest BCUT2D eigenvalue weighted by Gasteiger charge is -2.27. The van der Waals surface area contributed by atoms with Crippen molar-refractivity contribution >= 4 is 35.6 Å². The van der Waals surface area contributed by atoms with Gasteiger partial charge in [-0.05, 0) is 39.3 Å². The number of fused-ring (bicyclic) bond motifs is 1. The maximum Gasteiger partial charge on any atom is 0.407 e. The summed E-state index contributed by atoms with van der Waals surface area (Å²) in [4.78, 5) is 74.4. The Balaban J connectivity index is 1.14. The largest absolute Gasteiger partial charge is 0.483 e. The van der Waals surface area contributed by atoms with E-state index in [4.69, 9.17) is 33.2 Å². The highest BCUT2D eigenvalue weighted by Crippen LogP contribution is 2.33. The second-order valence-corrected chi connectivity index (χ2v) is 11.8. The van der Waals surface area contributed by atoms with E-state index in [1.54, 1.807) is 20.8 Å². The maximum absolute atomic E-state index is 13.1. The average molecular weight is 695 g/mol. The first-order chi connectivity index (χ1) is 23.5. The van der Waals surface area contributed by atoms with Crippen LogP contribution in [0.2, 0.25) is 0 Å². The molecule has 0 saturated carbocycles. The molecule has 2 aliphatic rings. The summed E-state index contributed by atoms with van der Waals surface area (Å²) < 4.78 is 37.8. The van der Waals surface area contributed by atoms with Crippen molar-refractivity contribution in [1.29, 1.82) is 0 Å². The third-order valence-electron chi connectivity index (χ3n) is 6.76. The second kappa shape index (κ2) is 20.4. The summed E-state index contributed by atoms with van der Waals surface area (Å²) in [6, 6.07) is 3.32. The monoisotopic (exact) mass is 694 g/mol. The molecule has 2 heterocycles. The molecule has 49 heavy (non-hydrogen) atoms. The van der Waals surface area contributed by atoms with Crippen LogP contribution in [0, 0.1) is 0 Å². The van der Waals surface area contributed by atoms with Gasteiger partial charge in [0.05, 0.1) is 77.2 Å². The molecule has 17 heteroatoms. The summed E-state index contributed by atoms with van der Waals surface area (Å²) in [7, 11) is 0. The molecule has 1 aromatic carbocycles. The molecule has 1 saturated heterocycles. The molecule has 0 spiro atoms. The number of imide groups is 2. The van der Waals surface area contributed by atoms with Crippen LogP contribution in [0.25, 0.3) is 0 Å². The van der Waals surface area contributed by atoms with Crippen molar-refractivity contribution in [2.75, 3.05) is 85.8 Å². The first kappa shape index (κ1) is 39.3. The number of piperidine rings is 1. The normalized spacial score (nSPS) is 16.0. The Morgan fingerprint density at radius 2 is 1.35 bits per heavy atom. The summed E-state index contributed by atoms with van der Waals surface area (Å²) in [5.74, 6) is -2.97. The van der Waals surface area contributed by atoms with Crippen LogP contribution in [-0.2, 0) is 42.8 Å². The Morgan fingerprint density at radius 1 is 0.796 bits per heavy atom. The van der Waals surface area contributed by atoms with Crippen LogP contribution in [0.3, 0.4) is 0 Å². The molecule has 1 fully saturated rings. The van der Waals surface area contributed by atoms with Crippen molar-refractivity contribution in [1.82, 2.24) is 20.9 Å². The van der Waals surface area contributed by atoms with Crippen LogP contribution in [0.5, 0.6) is 5.75 Å². The number of rotatable bonds is 22. The number of benzene rings is 1. The molecule has 0 aliphatic carbocycles. The van der Waals surface area contributed by atoms with Gasteiger partial charge < -0.3 is 43.8 Å². The van der Waals surface area contributed by atoms with E-state index < -0.39 is 53.9 Å². The van der Waals surface area contributed by atoms with Crippen LogP contribution in [0.1, 0.15) is 54.3 Å². The molecule has 2 aliphatic heterocycles. The van der Waals surface area contributed by atoms with Gasteiger partial charge in [-0.15, -0.1) is 0 Å². The maximum atomic E-state index is 13.1. The van der Waals surface area contributed by atoms with E-state index in [0.717, 1.165) is 4.90 Å². The third-order valence-corrected chi connectivity index (χ3v) is 6.76. The molecule has 6 amide bonds. The third kappa shape index (κ3) is 13.7. The zero-order valence-electron chi connectivity index (χ0n) is 28.2. The van der Waals surface area contributed by atoms with Crippen LogP contribution in [0.4, 0.5) is 4.79 Å². The van der Waals surface area contributed by atoms with Crippen molar-refractivity contribution in [3.8, 4) is 5.75 Å². The average Bonchev–Trinajstić information content (AvgIpc) is 3.29. The van der Waals surface area contributed by atoms with E-state index in [1.807, 2.05) is 0 Å².